The van der Waals surface area contributed by atoms with E-state index < -0.39 is 0 Å². The normalized spacial score (nSPS) is 13.1. The van der Waals surface area contributed by atoms with Crippen molar-refractivity contribution in [2.75, 3.05) is 38.3 Å². The van der Waals surface area contributed by atoms with Crippen molar-refractivity contribution in [3.8, 4) is 0 Å². The molecule has 1 amide bonds. The van der Waals surface area contributed by atoms with E-state index in [9.17, 15) is 4.79 Å². The number of nitrogens with one attached hydrogen (secondary N) is 1. The van der Waals surface area contributed by atoms with Crippen LogP contribution in [0.2, 0.25) is 0 Å². The molecule has 0 saturated carbocycles. The summed E-state index contributed by atoms with van der Waals surface area (Å²) in [6.45, 7) is 2.50. The van der Waals surface area contributed by atoms with E-state index in [0.717, 1.165) is 18.7 Å². The van der Waals surface area contributed by atoms with Crippen molar-refractivity contribution >= 4 is 24.0 Å². The molecule has 18 heavy (non-hydrogen) atoms. The molecule has 2 rings (SSSR count). The van der Waals surface area contributed by atoms with Gasteiger partial charge in [-0.15, -0.1) is 12.4 Å². The molecule has 0 saturated heterocycles. The van der Waals surface area contributed by atoms with Gasteiger partial charge < -0.3 is 15.0 Å². The first-order valence-corrected chi connectivity index (χ1v) is 5.91. The van der Waals surface area contributed by atoms with E-state index in [1.54, 1.807) is 7.11 Å². The van der Waals surface area contributed by atoms with Gasteiger partial charge >= 0.3 is 0 Å². The topological polar surface area (TPSA) is 41.6 Å². The number of para-hydroxylation sites is 1. The van der Waals surface area contributed by atoms with E-state index in [1.807, 2.05) is 23.1 Å². The second-order valence-electron chi connectivity index (χ2n) is 4.09. The Hall–Kier alpha value is -1.10. The quantitative estimate of drug-likeness (QED) is 0.819. The number of methoxy groups -OCH3 is 1. The summed E-state index contributed by atoms with van der Waals surface area (Å²) in [5, 5.41) is 3.08. The maximum absolute atomic E-state index is 12.0. The lowest BCUT2D eigenvalue weighted by molar-refractivity contribution is -0.117. The SMILES string of the molecule is COCCNCC(=O)N1CCc2ccccc21.Cl. The van der Waals surface area contributed by atoms with Crippen LogP contribution in [0, 0.1) is 0 Å². The number of carbonyl (C=O) groups is 1. The van der Waals surface area contributed by atoms with Crippen LogP contribution in [0.25, 0.3) is 0 Å². The molecule has 0 aromatic heterocycles. The van der Waals surface area contributed by atoms with Crippen LogP contribution < -0.4 is 10.2 Å². The van der Waals surface area contributed by atoms with Crippen LogP contribution in [0.15, 0.2) is 24.3 Å². The molecule has 1 aliphatic heterocycles. The Labute approximate surface area is 114 Å². The van der Waals surface area contributed by atoms with E-state index in [4.69, 9.17) is 4.74 Å². The lowest BCUT2D eigenvalue weighted by Crippen LogP contribution is -2.38. The molecular weight excluding hydrogens is 252 g/mol. The largest absolute Gasteiger partial charge is 0.383 e. The molecule has 0 fully saturated rings. The third-order valence-electron chi connectivity index (χ3n) is 2.95. The van der Waals surface area contributed by atoms with Crippen molar-refractivity contribution in [2.24, 2.45) is 0 Å². The number of rotatable bonds is 5. The summed E-state index contributed by atoms with van der Waals surface area (Å²) in [6.07, 6.45) is 0.958. The van der Waals surface area contributed by atoms with Gasteiger partial charge in [-0.05, 0) is 18.1 Å². The van der Waals surface area contributed by atoms with Crippen LogP contribution in [-0.2, 0) is 16.0 Å². The van der Waals surface area contributed by atoms with Crippen molar-refractivity contribution in [1.82, 2.24) is 5.32 Å². The second kappa shape index (κ2) is 7.36. The monoisotopic (exact) mass is 270 g/mol. The molecular formula is C13H19ClN2O2. The number of halogens is 1. The molecule has 1 aliphatic rings. The maximum Gasteiger partial charge on any atom is 0.240 e. The summed E-state index contributed by atoms with van der Waals surface area (Å²) in [5.74, 6) is 0.131. The van der Waals surface area contributed by atoms with Crippen molar-refractivity contribution in [3.63, 3.8) is 0 Å². The molecule has 0 radical (unpaired) electrons. The lowest BCUT2D eigenvalue weighted by atomic mass is 10.2. The van der Waals surface area contributed by atoms with Crippen LogP contribution in [-0.4, -0.2) is 39.3 Å². The fourth-order valence-electron chi connectivity index (χ4n) is 2.06. The number of carbonyl (C=O) groups excluding carboxylic acids is 1. The molecule has 5 heteroatoms. The van der Waals surface area contributed by atoms with Crippen LogP contribution in [0.4, 0.5) is 5.69 Å². The molecule has 4 nitrogen and oxygen atoms in total. The zero-order chi connectivity index (χ0) is 12.1. The van der Waals surface area contributed by atoms with Gasteiger partial charge in [0.1, 0.15) is 0 Å². The van der Waals surface area contributed by atoms with Gasteiger partial charge in [-0.2, -0.15) is 0 Å². The third-order valence-corrected chi connectivity index (χ3v) is 2.95. The zero-order valence-electron chi connectivity index (χ0n) is 10.5. The fraction of sp³-hybridized carbons (Fsp3) is 0.462. The first kappa shape index (κ1) is 15.0. The lowest BCUT2D eigenvalue weighted by Gasteiger charge is -2.17. The summed E-state index contributed by atoms with van der Waals surface area (Å²) >= 11 is 0. The standard InChI is InChI=1S/C13H18N2O2.ClH/c1-17-9-7-14-10-13(16)15-8-6-11-4-2-3-5-12(11)15;/h2-5,14H,6-10H2,1H3;1H. The number of amides is 1. The van der Waals surface area contributed by atoms with E-state index in [2.05, 4.69) is 11.4 Å². The van der Waals surface area contributed by atoms with E-state index in [1.165, 1.54) is 5.56 Å². The Bertz CT molecular complexity index is 398. The van der Waals surface area contributed by atoms with Crippen LogP contribution in [0.1, 0.15) is 5.56 Å². The van der Waals surface area contributed by atoms with Gasteiger partial charge in [0, 0.05) is 25.9 Å². The molecule has 1 aromatic carbocycles. The summed E-state index contributed by atoms with van der Waals surface area (Å²) in [4.78, 5) is 13.9. The number of benzene rings is 1. The first-order valence-electron chi connectivity index (χ1n) is 5.91. The van der Waals surface area contributed by atoms with E-state index in [-0.39, 0.29) is 18.3 Å². The van der Waals surface area contributed by atoms with Crippen LogP contribution in [0.5, 0.6) is 0 Å². The van der Waals surface area contributed by atoms with Gasteiger partial charge in [-0.1, -0.05) is 18.2 Å². The second-order valence-corrected chi connectivity index (χ2v) is 4.09. The summed E-state index contributed by atoms with van der Waals surface area (Å²) < 4.78 is 4.92. The molecule has 1 aromatic rings. The summed E-state index contributed by atoms with van der Waals surface area (Å²) in [7, 11) is 1.65. The van der Waals surface area contributed by atoms with Gasteiger partial charge in [-0.25, -0.2) is 0 Å². The number of hydrogen-bond acceptors (Lipinski definition) is 3. The van der Waals surface area contributed by atoms with Gasteiger partial charge in [-0.3, -0.25) is 4.79 Å². The molecule has 1 heterocycles. The van der Waals surface area contributed by atoms with Crippen molar-refractivity contribution < 1.29 is 9.53 Å². The molecule has 1 N–H and O–H groups in total. The maximum atomic E-state index is 12.0. The van der Waals surface area contributed by atoms with Crippen LogP contribution in [0.3, 0.4) is 0 Å². The highest BCUT2D eigenvalue weighted by Gasteiger charge is 2.23. The first-order chi connectivity index (χ1) is 8.33. The number of nitrogens with zero attached hydrogens (tertiary/aromatic N) is 1. The summed E-state index contributed by atoms with van der Waals surface area (Å²) in [5.41, 5.74) is 2.32. The minimum absolute atomic E-state index is 0. The zero-order valence-corrected chi connectivity index (χ0v) is 11.3. The van der Waals surface area contributed by atoms with E-state index >= 15 is 0 Å². The Kier molecular flexibility index (Phi) is 6.12. The number of anilines is 1. The smallest absolute Gasteiger partial charge is 0.240 e. The average molecular weight is 271 g/mol. The molecule has 0 bridgehead atoms. The fourth-order valence-corrected chi connectivity index (χ4v) is 2.06. The molecule has 0 unspecified atom stereocenters. The van der Waals surface area contributed by atoms with Crippen LogP contribution >= 0.6 is 12.4 Å². The minimum atomic E-state index is 0. The Balaban J connectivity index is 0.00000162. The predicted molar refractivity (Wildman–Crippen MR) is 74.5 cm³/mol. The highest BCUT2D eigenvalue weighted by molar-refractivity contribution is 5.96. The minimum Gasteiger partial charge on any atom is -0.383 e. The van der Waals surface area contributed by atoms with Crippen molar-refractivity contribution in [1.29, 1.82) is 0 Å². The van der Waals surface area contributed by atoms with Gasteiger partial charge in [0.15, 0.2) is 0 Å². The van der Waals surface area contributed by atoms with Gasteiger partial charge in [0.05, 0.1) is 13.2 Å². The van der Waals surface area contributed by atoms with E-state index in [0.29, 0.717) is 19.7 Å². The number of hydrogen-bond donors (Lipinski definition) is 1. The summed E-state index contributed by atoms with van der Waals surface area (Å²) in [6, 6.07) is 8.09. The molecule has 100 valence electrons. The number of fused-ring (bicyclic) bond motifs is 1. The third kappa shape index (κ3) is 3.45. The number of ether oxygens (including phenoxy) is 1. The molecule has 0 spiro atoms. The van der Waals surface area contributed by atoms with Crippen molar-refractivity contribution in [3.05, 3.63) is 29.8 Å². The Morgan fingerprint density at radius 2 is 2.22 bits per heavy atom. The van der Waals surface area contributed by atoms with Gasteiger partial charge in [0.2, 0.25) is 5.91 Å². The van der Waals surface area contributed by atoms with Crippen molar-refractivity contribution in [2.45, 2.75) is 6.42 Å². The van der Waals surface area contributed by atoms with Gasteiger partial charge in [0.25, 0.3) is 0 Å². The Morgan fingerprint density at radius 1 is 1.44 bits per heavy atom. The average Bonchev–Trinajstić information content (AvgIpc) is 2.78. The Morgan fingerprint density at radius 3 is 3.00 bits per heavy atom. The highest BCUT2D eigenvalue weighted by atomic mass is 35.5. The molecule has 0 aliphatic carbocycles. The molecule has 0 atom stereocenters. The highest BCUT2D eigenvalue weighted by Crippen LogP contribution is 2.27. The predicted octanol–water partition coefficient (Wildman–Crippen LogP) is 1.23.